The molecule has 0 radical (unpaired) electrons. The Bertz CT molecular complexity index is 237. The number of rotatable bonds is 1. The Balaban J connectivity index is 2.86. The van der Waals surface area contributed by atoms with Crippen LogP contribution in [0, 0.1) is 0 Å². The second kappa shape index (κ2) is 3.97. The van der Waals surface area contributed by atoms with Crippen molar-refractivity contribution in [2.45, 2.75) is 20.3 Å². The lowest BCUT2D eigenvalue weighted by molar-refractivity contribution is 1.14. The molecule has 0 aromatic rings. The summed E-state index contributed by atoms with van der Waals surface area (Å²) in [6.07, 6.45) is 13.8. The maximum atomic E-state index is 2.22. The molecule has 0 aliphatic heterocycles. The molecule has 0 heteroatoms. The van der Waals surface area contributed by atoms with Crippen molar-refractivity contribution in [3.63, 3.8) is 0 Å². The molecule has 0 atom stereocenters. The molecule has 0 aromatic heterocycles. The van der Waals surface area contributed by atoms with E-state index in [1.807, 2.05) is 0 Å². The topological polar surface area (TPSA) is 0 Å². The number of hydrogen-bond donors (Lipinski definition) is 0. The van der Waals surface area contributed by atoms with Crippen LogP contribution in [0.25, 0.3) is 0 Å². The summed E-state index contributed by atoms with van der Waals surface area (Å²) in [6.45, 7) is 4.30. The lowest BCUT2D eigenvalue weighted by Gasteiger charge is -1.98. The highest BCUT2D eigenvalue weighted by atomic mass is 14.0. The predicted molar refractivity (Wildman–Crippen MR) is 50.4 cm³/mol. The van der Waals surface area contributed by atoms with E-state index in [4.69, 9.17) is 0 Å². The molecule has 0 unspecified atom stereocenters. The molecule has 0 heterocycles. The molecule has 0 saturated carbocycles. The summed E-state index contributed by atoms with van der Waals surface area (Å²) in [7, 11) is 0. The standard InChI is InChI=1S/C11H14/c1-3-11-8-6-4-5-7-10(2)9-11/h4-9H,3H2,1-2H3. The van der Waals surface area contributed by atoms with E-state index >= 15 is 0 Å². The van der Waals surface area contributed by atoms with Crippen molar-refractivity contribution in [3.05, 3.63) is 47.6 Å². The summed E-state index contributed by atoms with van der Waals surface area (Å²) in [6, 6.07) is 0. The SMILES string of the molecule is CCC1=CC(C)=CC=CC=C1. The van der Waals surface area contributed by atoms with Gasteiger partial charge >= 0.3 is 0 Å². The average molecular weight is 146 g/mol. The van der Waals surface area contributed by atoms with Gasteiger partial charge in [0.2, 0.25) is 0 Å². The lowest BCUT2D eigenvalue weighted by Crippen LogP contribution is -1.78. The molecule has 0 nitrogen and oxygen atoms in total. The number of allylic oxidation sites excluding steroid dienone is 8. The molecule has 11 heavy (non-hydrogen) atoms. The van der Waals surface area contributed by atoms with Crippen LogP contribution in [0.15, 0.2) is 47.6 Å². The quantitative estimate of drug-likeness (QED) is 0.532. The maximum Gasteiger partial charge on any atom is -0.0307 e. The zero-order valence-electron chi connectivity index (χ0n) is 7.17. The Labute approximate surface area is 68.6 Å². The van der Waals surface area contributed by atoms with Gasteiger partial charge in [-0.2, -0.15) is 0 Å². The van der Waals surface area contributed by atoms with E-state index < -0.39 is 0 Å². The van der Waals surface area contributed by atoms with Gasteiger partial charge in [0.15, 0.2) is 0 Å². The fourth-order valence-corrected chi connectivity index (χ4v) is 1.06. The summed E-state index contributed by atoms with van der Waals surface area (Å²) in [5.74, 6) is 0. The van der Waals surface area contributed by atoms with Crippen LogP contribution in [0.4, 0.5) is 0 Å². The van der Waals surface area contributed by atoms with Crippen molar-refractivity contribution < 1.29 is 0 Å². The third-order valence-corrected chi connectivity index (χ3v) is 1.71. The van der Waals surface area contributed by atoms with E-state index in [0.717, 1.165) is 6.42 Å². The minimum absolute atomic E-state index is 1.11. The van der Waals surface area contributed by atoms with Crippen molar-refractivity contribution in [2.75, 3.05) is 0 Å². The fraction of sp³-hybridized carbons (Fsp3) is 0.273. The molecule has 58 valence electrons. The van der Waals surface area contributed by atoms with Gasteiger partial charge in [0.05, 0.1) is 0 Å². The minimum Gasteiger partial charge on any atom is -0.0622 e. The van der Waals surface area contributed by atoms with Gasteiger partial charge in [0.25, 0.3) is 0 Å². The second-order valence-corrected chi connectivity index (χ2v) is 2.73. The summed E-state index contributed by atoms with van der Waals surface area (Å²) in [5.41, 5.74) is 2.71. The Kier molecular flexibility index (Phi) is 2.91. The van der Waals surface area contributed by atoms with Crippen LogP contribution >= 0.6 is 0 Å². The van der Waals surface area contributed by atoms with Crippen molar-refractivity contribution in [1.29, 1.82) is 0 Å². The Morgan fingerprint density at radius 1 is 1.18 bits per heavy atom. The second-order valence-electron chi connectivity index (χ2n) is 2.73. The molecule has 1 rings (SSSR count). The fourth-order valence-electron chi connectivity index (χ4n) is 1.06. The van der Waals surface area contributed by atoms with E-state index in [2.05, 4.69) is 50.3 Å². The zero-order chi connectivity index (χ0) is 8.10. The van der Waals surface area contributed by atoms with Gasteiger partial charge in [0.1, 0.15) is 0 Å². The van der Waals surface area contributed by atoms with Crippen LogP contribution in [0.1, 0.15) is 20.3 Å². The van der Waals surface area contributed by atoms with E-state index in [9.17, 15) is 0 Å². The monoisotopic (exact) mass is 146 g/mol. The third kappa shape index (κ3) is 2.58. The Hall–Kier alpha value is -1.04. The normalized spacial score (nSPS) is 16.9. The zero-order valence-corrected chi connectivity index (χ0v) is 7.17. The van der Waals surface area contributed by atoms with Gasteiger partial charge in [-0.15, -0.1) is 0 Å². The molecule has 0 fully saturated rings. The van der Waals surface area contributed by atoms with Crippen molar-refractivity contribution >= 4 is 0 Å². The first-order valence-electron chi connectivity index (χ1n) is 4.05. The molecule has 0 amide bonds. The molecule has 0 bridgehead atoms. The molecule has 0 saturated heterocycles. The van der Waals surface area contributed by atoms with Gasteiger partial charge in [-0.3, -0.25) is 0 Å². The van der Waals surface area contributed by atoms with Crippen LogP contribution < -0.4 is 0 Å². The molecule has 1 aliphatic carbocycles. The van der Waals surface area contributed by atoms with Crippen LogP contribution in [0.3, 0.4) is 0 Å². The first-order chi connectivity index (χ1) is 5.33. The molecule has 0 N–H and O–H groups in total. The summed E-state index contributed by atoms with van der Waals surface area (Å²) >= 11 is 0. The van der Waals surface area contributed by atoms with Crippen molar-refractivity contribution in [2.24, 2.45) is 0 Å². The smallest absolute Gasteiger partial charge is 0.0307 e. The third-order valence-electron chi connectivity index (χ3n) is 1.71. The maximum absolute atomic E-state index is 2.22. The van der Waals surface area contributed by atoms with E-state index in [-0.39, 0.29) is 0 Å². The summed E-state index contributed by atoms with van der Waals surface area (Å²) in [4.78, 5) is 0. The molecule has 0 aromatic carbocycles. The Morgan fingerprint density at radius 2 is 2.00 bits per heavy atom. The van der Waals surface area contributed by atoms with Gasteiger partial charge in [-0.05, 0) is 18.9 Å². The van der Waals surface area contributed by atoms with Crippen molar-refractivity contribution in [3.8, 4) is 0 Å². The minimum atomic E-state index is 1.11. The van der Waals surface area contributed by atoms with Gasteiger partial charge in [0, 0.05) is 0 Å². The van der Waals surface area contributed by atoms with Crippen molar-refractivity contribution in [1.82, 2.24) is 0 Å². The highest BCUT2D eigenvalue weighted by Gasteiger charge is 1.89. The summed E-state index contributed by atoms with van der Waals surface area (Å²) in [5, 5.41) is 0. The molecule has 0 spiro atoms. The van der Waals surface area contributed by atoms with Gasteiger partial charge in [-0.25, -0.2) is 0 Å². The predicted octanol–water partition coefficient (Wildman–Crippen LogP) is 3.40. The highest BCUT2D eigenvalue weighted by molar-refractivity contribution is 5.35. The number of hydrogen-bond acceptors (Lipinski definition) is 0. The average Bonchev–Trinajstić information content (AvgIpc) is 1.96. The first kappa shape index (κ1) is 8.06. The molecule has 1 aliphatic rings. The van der Waals surface area contributed by atoms with Gasteiger partial charge < -0.3 is 0 Å². The largest absolute Gasteiger partial charge is 0.0622 e. The van der Waals surface area contributed by atoms with E-state index in [1.54, 1.807) is 0 Å². The van der Waals surface area contributed by atoms with Crippen LogP contribution in [-0.2, 0) is 0 Å². The van der Waals surface area contributed by atoms with Crippen LogP contribution in [-0.4, -0.2) is 0 Å². The van der Waals surface area contributed by atoms with Crippen LogP contribution in [0.2, 0.25) is 0 Å². The van der Waals surface area contributed by atoms with Crippen LogP contribution in [0.5, 0.6) is 0 Å². The first-order valence-corrected chi connectivity index (χ1v) is 4.05. The molecular weight excluding hydrogens is 132 g/mol. The van der Waals surface area contributed by atoms with E-state index in [1.165, 1.54) is 11.1 Å². The highest BCUT2D eigenvalue weighted by Crippen LogP contribution is 2.09. The Morgan fingerprint density at radius 3 is 2.73 bits per heavy atom. The van der Waals surface area contributed by atoms with E-state index in [0.29, 0.717) is 0 Å². The lowest BCUT2D eigenvalue weighted by atomic mass is 10.1. The van der Waals surface area contributed by atoms with Gasteiger partial charge in [-0.1, -0.05) is 49.0 Å². The molecular formula is C11H14. The summed E-state index contributed by atoms with van der Waals surface area (Å²) < 4.78 is 0.